The van der Waals surface area contributed by atoms with E-state index in [0.717, 1.165) is 69.8 Å². The lowest BCUT2D eigenvalue weighted by atomic mass is 9.95. The Bertz CT molecular complexity index is 1830. The lowest BCUT2D eigenvalue weighted by Gasteiger charge is -2.26. The van der Waals surface area contributed by atoms with Gasteiger partial charge in [0.05, 0.1) is 35.4 Å². The van der Waals surface area contributed by atoms with Crippen molar-refractivity contribution < 1.29 is 19.0 Å². The average Bonchev–Trinajstić information content (AvgIpc) is 3.74. The third kappa shape index (κ3) is 6.41. The molecule has 1 aliphatic heterocycles. The van der Waals surface area contributed by atoms with Gasteiger partial charge in [0.2, 0.25) is 0 Å². The molecule has 3 aromatic heterocycles. The Morgan fingerprint density at radius 1 is 1.18 bits per heavy atom. The molecule has 0 spiro atoms. The second kappa shape index (κ2) is 13.0. The summed E-state index contributed by atoms with van der Waals surface area (Å²) in [5.41, 5.74) is 4.83. The van der Waals surface area contributed by atoms with Gasteiger partial charge < -0.3 is 19.9 Å². The number of hydrogen-bond donors (Lipinski definition) is 2. The quantitative estimate of drug-likeness (QED) is 0.174. The predicted molar refractivity (Wildman–Crippen MR) is 174 cm³/mol. The molecule has 0 radical (unpaired) electrons. The number of thiophene rings is 1. The molecule has 1 saturated heterocycles. The summed E-state index contributed by atoms with van der Waals surface area (Å²) in [4.78, 5) is 13.6. The summed E-state index contributed by atoms with van der Waals surface area (Å²) in [7, 11) is 1.73. The molecule has 7 rings (SSSR count). The number of aliphatic hydroxyl groups is 1. The molecule has 1 aliphatic carbocycles. The number of likely N-dealkylation sites (tertiary alicyclic amines) is 1. The molecular formula is C33H34ClFN6O3S. The van der Waals surface area contributed by atoms with Crippen LogP contribution >= 0.6 is 22.9 Å². The topological polar surface area (TPSA) is 97.6 Å². The number of nitrogens with one attached hydrogen (secondary N) is 1. The van der Waals surface area contributed by atoms with E-state index in [1.54, 1.807) is 49.0 Å². The van der Waals surface area contributed by atoms with Crippen molar-refractivity contribution in [1.82, 2.24) is 24.6 Å². The van der Waals surface area contributed by atoms with Crippen molar-refractivity contribution in [2.24, 2.45) is 0 Å². The van der Waals surface area contributed by atoms with Crippen LogP contribution in [-0.2, 0) is 30.7 Å². The molecule has 2 atom stereocenters. The van der Waals surface area contributed by atoms with Crippen LogP contribution in [0.4, 0.5) is 15.9 Å². The predicted octanol–water partition coefficient (Wildman–Crippen LogP) is 6.24. The molecule has 4 heterocycles. The van der Waals surface area contributed by atoms with Crippen molar-refractivity contribution in [2.45, 2.75) is 51.0 Å². The van der Waals surface area contributed by atoms with Gasteiger partial charge in [-0.2, -0.15) is 5.10 Å². The van der Waals surface area contributed by atoms with E-state index in [2.05, 4.69) is 26.4 Å². The number of rotatable bonds is 11. The zero-order valence-electron chi connectivity index (χ0n) is 24.9. The Kier molecular flexibility index (Phi) is 8.70. The maximum absolute atomic E-state index is 13.5. The van der Waals surface area contributed by atoms with Crippen molar-refractivity contribution in [2.75, 3.05) is 32.1 Å². The van der Waals surface area contributed by atoms with Gasteiger partial charge in [0, 0.05) is 42.0 Å². The molecule has 2 aliphatic rings. The lowest BCUT2D eigenvalue weighted by Crippen LogP contribution is -2.40. The van der Waals surface area contributed by atoms with Crippen molar-refractivity contribution in [3.8, 4) is 16.2 Å². The molecule has 12 heteroatoms. The maximum atomic E-state index is 13.5. The van der Waals surface area contributed by atoms with Crippen molar-refractivity contribution in [3.05, 3.63) is 82.6 Å². The third-order valence-electron chi connectivity index (χ3n) is 8.46. The van der Waals surface area contributed by atoms with E-state index in [9.17, 15) is 9.50 Å². The number of hydrogen-bond acceptors (Lipinski definition) is 9. The molecule has 0 amide bonds. The van der Waals surface area contributed by atoms with Crippen LogP contribution in [0.25, 0.3) is 20.7 Å². The Balaban J connectivity index is 1.07. The van der Waals surface area contributed by atoms with E-state index in [4.69, 9.17) is 26.2 Å². The van der Waals surface area contributed by atoms with Gasteiger partial charge in [-0.25, -0.2) is 14.4 Å². The summed E-state index contributed by atoms with van der Waals surface area (Å²) in [6, 6.07) is 12.1. The van der Waals surface area contributed by atoms with Gasteiger partial charge in [-0.15, -0.1) is 11.3 Å². The number of aliphatic hydroxyl groups excluding tert-OH is 1. The summed E-state index contributed by atoms with van der Waals surface area (Å²) in [5.74, 6) is 0.920. The molecular weight excluding hydrogens is 615 g/mol. The van der Waals surface area contributed by atoms with Crippen LogP contribution in [0.1, 0.15) is 29.7 Å². The van der Waals surface area contributed by atoms with Gasteiger partial charge in [-0.05, 0) is 73.7 Å². The van der Waals surface area contributed by atoms with E-state index in [1.165, 1.54) is 17.7 Å². The Morgan fingerprint density at radius 2 is 2.09 bits per heavy atom. The number of aromatic nitrogens is 4. The highest BCUT2D eigenvalue weighted by Gasteiger charge is 2.29. The van der Waals surface area contributed by atoms with E-state index >= 15 is 0 Å². The van der Waals surface area contributed by atoms with Crippen LogP contribution < -0.4 is 10.1 Å². The molecule has 2 aromatic carbocycles. The first-order valence-corrected chi connectivity index (χ1v) is 16.3. The summed E-state index contributed by atoms with van der Waals surface area (Å²) >= 11 is 8.20. The molecule has 0 bridgehead atoms. The van der Waals surface area contributed by atoms with Gasteiger partial charge in [0.25, 0.3) is 0 Å². The molecule has 9 nitrogen and oxygen atoms in total. The fraction of sp³-hybridized carbons (Fsp3) is 0.364. The Labute approximate surface area is 269 Å². The molecule has 234 valence electrons. The molecule has 0 unspecified atom stereocenters. The fourth-order valence-corrected chi connectivity index (χ4v) is 7.85. The van der Waals surface area contributed by atoms with Gasteiger partial charge in [0.15, 0.2) is 0 Å². The van der Waals surface area contributed by atoms with Crippen LogP contribution in [0.5, 0.6) is 5.75 Å². The van der Waals surface area contributed by atoms with E-state index in [1.807, 2.05) is 10.7 Å². The number of nitrogens with zero attached hydrogens (tertiary/aromatic N) is 5. The summed E-state index contributed by atoms with van der Waals surface area (Å²) < 4.78 is 26.6. The number of halogens is 2. The number of benzene rings is 2. The summed E-state index contributed by atoms with van der Waals surface area (Å²) in [6.45, 7) is 2.95. The number of anilines is 2. The molecule has 1 fully saturated rings. The van der Waals surface area contributed by atoms with Crippen molar-refractivity contribution in [3.63, 3.8) is 0 Å². The SMILES string of the molecule is COC[C@@H]1CCCN1C[C@@H](O)Cn1cc2c(n1)CCc1c-2sc2ncnc(Nc3ccc(OCc4cccc(F)c4)c(Cl)c3)c12. The van der Waals surface area contributed by atoms with Crippen LogP contribution in [-0.4, -0.2) is 68.7 Å². The van der Waals surface area contributed by atoms with Gasteiger partial charge in [-0.1, -0.05) is 23.7 Å². The van der Waals surface area contributed by atoms with Gasteiger partial charge in [-0.3, -0.25) is 9.58 Å². The van der Waals surface area contributed by atoms with Crippen LogP contribution in [0, 0.1) is 5.82 Å². The van der Waals surface area contributed by atoms with Crippen LogP contribution in [0.15, 0.2) is 55.0 Å². The van der Waals surface area contributed by atoms with Crippen molar-refractivity contribution in [1.29, 1.82) is 0 Å². The first-order chi connectivity index (χ1) is 21.9. The van der Waals surface area contributed by atoms with Crippen LogP contribution in [0.3, 0.4) is 0 Å². The van der Waals surface area contributed by atoms with E-state index in [-0.39, 0.29) is 12.4 Å². The van der Waals surface area contributed by atoms with Crippen molar-refractivity contribution >= 4 is 44.7 Å². The number of methoxy groups -OCH3 is 1. The van der Waals surface area contributed by atoms with Gasteiger partial charge >= 0.3 is 0 Å². The summed E-state index contributed by atoms with van der Waals surface area (Å²) in [5, 5.41) is 20.7. The standard InChI is InChI=1S/C33H34ClFN6O3S/c1-43-18-23-6-3-11-40(23)14-24(42)15-41-16-26-28(39-41)9-8-25-30-32(36-19-37-33(30)45-31(25)26)38-22-7-10-29(27(34)13-22)44-17-20-4-2-5-21(35)12-20/h2,4-5,7,10,12-13,16,19,23-24,42H,3,6,8-9,11,14-15,17-18H2,1H3,(H,36,37,38)/t23-,24+/m0/s1. The minimum Gasteiger partial charge on any atom is -0.487 e. The number of fused-ring (bicyclic) bond motifs is 5. The third-order valence-corrected chi connectivity index (χ3v) is 9.93. The number of β-amino-alcohol motifs (C(OH)–C–C–N with tert-alkyl or cyclic N) is 1. The minimum absolute atomic E-state index is 0.211. The lowest BCUT2D eigenvalue weighted by molar-refractivity contribution is 0.0613. The zero-order chi connectivity index (χ0) is 30.9. The highest BCUT2D eigenvalue weighted by molar-refractivity contribution is 7.22. The molecule has 0 saturated carbocycles. The highest BCUT2D eigenvalue weighted by Crippen LogP contribution is 2.45. The Morgan fingerprint density at radius 3 is 2.93 bits per heavy atom. The molecule has 2 N–H and O–H groups in total. The second-order valence-corrected chi connectivity index (χ2v) is 13.0. The van der Waals surface area contributed by atoms with Gasteiger partial charge in [0.1, 0.15) is 35.1 Å². The first-order valence-electron chi connectivity index (χ1n) is 15.1. The number of ether oxygens (including phenoxy) is 2. The Hall–Kier alpha value is -3.61. The maximum Gasteiger partial charge on any atom is 0.142 e. The smallest absolute Gasteiger partial charge is 0.142 e. The zero-order valence-corrected chi connectivity index (χ0v) is 26.5. The van der Waals surface area contributed by atoms with Crippen LogP contribution in [0.2, 0.25) is 5.02 Å². The minimum atomic E-state index is -0.516. The highest BCUT2D eigenvalue weighted by atomic mass is 35.5. The first kappa shape index (κ1) is 30.1. The normalized spacial score (nSPS) is 16.9. The monoisotopic (exact) mass is 648 g/mol. The van der Waals surface area contributed by atoms with E-state index < -0.39 is 6.10 Å². The average molecular weight is 649 g/mol. The largest absolute Gasteiger partial charge is 0.487 e. The molecule has 45 heavy (non-hydrogen) atoms. The fourth-order valence-electron chi connectivity index (χ4n) is 6.40. The second-order valence-electron chi connectivity index (χ2n) is 11.6. The number of aryl methyl sites for hydroxylation is 2. The summed E-state index contributed by atoms with van der Waals surface area (Å²) in [6.07, 6.45) is 6.98. The molecule has 5 aromatic rings. The van der Waals surface area contributed by atoms with E-state index in [0.29, 0.717) is 42.3 Å².